The maximum atomic E-state index is 12.7. The first-order valence-corrected chi connectivity index (χ1v) is 9.85. The fraction of sp³-hybridized carbons (Fsp3) is 0.412. The third-order valence-electron chi connectivity index (χ3n) is 3.66. The van der Waals surface area contributed by atoms with Gasteiger partial charge in [0.05, 0.1) is 10.6 Å². The molecule has 0 aliphatic heterocycles. The lowest BCUT2D eigenvalue weighted by Gasteiger charge is -2.17. The molecule has 1 N–H and O–H groups in total. The maximum Gasteiger partial charge on any atom is 0.416 e. The summed E-state index contributed by atoms with van der Waals surface area (Å²) in [4.78, 5) is 8.08. The van der Waals surface area contributed by atoms with Crippen LogP contribution in [0.3, 0.4) is 0 Å². The van der Waals surface area contributed by atoms with Crippen LogP contribution in [-0.4, -0.2) is 24.9 Å². The molecule has 0 bridgehead atoms. The van der Waals surface area contributed by atoms with E-state index < -0.39 is 31.7 Å². The third kappa shape index (κ3) is 5.63. The van der Waals surface area contributed by atoms with E-state index in [1.54, 1.807) is 12.3 Å². The zero-order valence-electron chi connectivity index (χ0n) is 14.9. The molecular weight excluding hydrogens is 403 g/mol. The molecule has 2 aromatic rings. The molecule has 0 atom stereocenters. The molecule has 1 aromatic heterocycles. The van der Waals surface area contributed by atoms with Gasteiger partial charge in [0.15, 0.2) is 0 Å². The third-order valence-corrected chi connectivity index (χ3v) is 5.61. The number of halogens is 4. The van der Waals surface area contributed by atoms with Crippen molar-refractivity contribution in [2.45, 2.75) is 43.7 Å². The Labute approximate surface area is 161 Å². The van der Waals surface area contributed by atoms with E-state index in [4.69, 9.17) is 11.6 Å². The van der Waals surface area contributed by atoms with E-state index in [2.05, 4.69) is 14.7 Å². The first-order valence-electron chi connectivity index (χ1n) is 7.99. The number of nitrogens with zero attached hydrogens (tertiary/aromatic N) is 2. The highest BCUT2D eigenvalue weighted by Gasteiger charge is 2.32. The standard InChI is InChI=1S/C17H19ClF3N3O2S/c1-16(2,3)14-6-8-22-15(24-14)7-9-23-27(25,26)13-5-4-11(10-12(13)18)17(19,20)21/h4-6,8,10,23H,7,9H2,1-3H3. The van der Waals surface area contributed by atoms with Gasteiger partial charge in [0.2, 0.25) is 10.0 Å². The number of hydrogen-bond donors (Lipinski definition) is 1. The van der Waals surface area contributed by atoms with Crippen LogP contribution in [0, 0.1) is 0 Å². The quantitative estimate of drug-likeness (QED) is 0.793. The van der Waals surface area contributed by atoms with Crippen LogP contribution < -0.4 is 4.72 Å². The van der Waals surface area contributed by atoms with Crippen molar-refractivity contribution in [1.82, 2.24) is 14.7 Å². The second-order valence-electron chi connectivity index (χ2n) is 6.90. The van der Waals surface area contributed by atoms with Gasteiger partial charge < -0.3 is 0 Å². The van der Waals surface area contributed by atoms with Crippen molar-refractivity contribution in [3.63, 3.8) is 0 Å². The van der Waals surface area contributed by atoms with E-state index in [-0.39, 0.29) is 18.4 Å². The van der Waals surface area contributed by atoms with Gasteiger partial charge in [-0.3, -0.25) is 0 Å². The summed E-state index contributed by atoms with van der Waals surface area (Å²) in [7, 11) is -4.07. The van der Waals surface area contributed by atoms with Crippen molar-refractivity contribution in [3.8, 4) is 0 Å². The molecule has 10 heteroatoms. The summed E-state index contributed by atoms with van der Waals surface area (Å²) in [5.41, 5.74) is -0.370. The molecular formula is C17H19ClF3N3O2S. The second-order valence-corrected chi connectivity index (χ2v) is 9.04. The summed E-state index contributed by atoms with van der Waals surface area (Å²) < 4.78 is 64.9. The van der Waals surface area contributed by atoms with E-state index in [1.807, 2.05) is 20.8 Å². The van der Waals surface area contributed by atoms with Crippen LogP contribution in [0.5, 0.6) is 0 Å². The predicted octanol–water partition coefficient (Wildman–Crippen LogP) is 3.97. The zero-order valence-corrected chi connectivity index (χ0v) is 16.5. The fourth-order valence-electron chi connectivity index (χ4n) is 2.21. The van der Waals surface area contributed by atoms with Crippen LogP contribution in [0.15, 0.2) is 35.4 Å². The summed E-state index contributed by atoms with van der Waals surface area (Å²) in [5, 5.41) is -0.497. The first kappa shape index (κ1) is 21.6. The Balaban J connectivity index is 2.10. The van der Waals surface area contributed by atoms with Gasteiger partial charge in [0.25, 0.3) is 0 Å². The topological polar surface area (TPSA) is 72.0 Å². The molecule has 0 saturated carbocycles. The van der Waals surface area contributed by atoms with E-state index in [9.17, 15) is 21.6 Å². The van der Waals surface area contributed by atoms with Crippen LogP contribution in [-0.2, 0) is 28.0 Å². The number of alkyl halides is 3. The SMILES string of the molecule is CC(C)(C)c1ccnc(CCNS(=O)(=O)c2ccc(C(F)(F)F)cc2Cl)n1. The molecule has 1 heterocycles. The second kappa shape index (κ2) is 7.73. The first-order chi connectivity index (χ1) is 12.3. The highest BCUT2D eigenvalue weighted by atomic mass is 35.5. The molecule has 0 saturated heterocycles. The largest absolute Gasteiger partial charge is 0.416 e. The monoisotopic (exact) mass is 421 g/mol. The van der Waals surface area contributed by atoms with Gasteiger partial charge in [-0.05, 0) is 24.3 Å². The molecule has 27 heavy (non-hydrogen) atoms. The van der Waals surface area contributed by atoms with Crippen molar-refractivity contribution in [2.24, 2.45) is 0 Å². The van der Waals surface area contributed by atoms with Gasteiger partial charge >= 0.3 is 6.18 Å². The summed E-state index contributed by atoms with van der Waals surface area (Å²) in [5.74, 6) is 0.462. The minimum Gasteiger partial charge on any atom is -0.241 e. The van der Waals surface area contributed by atoms with Crippen LogP contribution in [0.4, 0.5) is 13.2 Å². The van der Waals surface area contributed by atoms with Gasteiger partial charge in [-0.25, -0.2) is 23.1 Å². The molecule has 0 spiro atoms. The highest BCUT2D eigenvalue weighted by molar-refractivity contribution is 7.89. The number of sulfonamides is 1. The molecule has 0 aliphatic rings. The Kier molecular flexibility index (Phi) is 6.18. The van der Waals surface area contributed by atoms with Gasteiger partial charge in [-0.1, -0.05) is 32.4 Å². The summed E-state index contributed by atoms with van der Waals surface area (Å²) in [6.07, 6.45) is -2.78. The van der Waals surface area contributed by atoms with E-state index in [0.29, 0.717) is 18.0 Å². The fourth-order valence-corrected chi connectivity index (χ4v) is 3.78. The normalized spacial score (nSPS) is 13.0. The Morgan fingerprint density at radius 1 is 1.15 bits per heavy atom. The van der Waals surface area contributed by atoms with Crippen molar-refractivity contribution < 1.29 is 21.6 Å². The average molecular weight is 422 g/mol. The van der Waals surface area contributed by atoms with Crippen LogP contribution in [0.2, 0.25) is 5.02 Å². The number of aromatic nitrogens is 2. The summed E-state index contributed by atoms with van der Waals surface area (Å²) in [6, 6.07) is 3.89. The van der Waals surface area contributed by atoms with Crippen molar-refractivity contribution in [3.05, 3.63) is 52.6 Å². The summed E-state index contributed by atoms with van der Waals surface area (Å²) >= 11 is 5.74. The Hall–Kier alpha value is -1.71. The number of hydrogen-bond acceptors (Lipinski definition) is 4. The molecule has 2 rings (SSSR count). The summed E-state index contributed by atoms with van der Waals surface area (Å²) in [6.45, 7) is 5.96. The molecule has 5 nitrogen and oxygen atoms in total. The Morgan fingerprint density at radius 3 is 2.37 bits per heavy atom. The number of nitrogens with one attached hydrogen (secondary N) is 1. The van der Waals surface area contributed by atoms with Crippen LogP contribution >= 0.6 is 11.6 Å². The maximum absolute atomic E-state index is 12.7. The lowest BCUT2D eigenvalue weighted by Crippen LogP contribution is -2.27. The minimum absolute atomic E-state index is 0.0206. The lowest BCUT2D eigenvalue weighted by atomic mass is 9.92. The van der Waals surface area contributed by atoms with Gasteiger partial charge in [0, 0.05) is 30.3 Å². The molecule has 1 aromatic carbocycles. The zero-order chi connectivity index (χ0) is 20.5. The highest BCUT2D eigenvalue weighted by Crippen LogP contribution is 2.33. The van der Waals surface area contributed by atoms with Gasteiger partial charge in [-0.2, -0.15) is 13.2 Å². The smallest absolute Gasteiger partial charge is 0.241 e. The van der Waals surface area contributed by atoms with Crippen LogP contribution in [0.1, 0.15) is 37.9 Å². The number of rotatable bonds is 5. The average Bonchev–Trinajstić information content (AvgIpc) is 2.53. The number of benzene rings is 1. The van der Waals surface area contributed by atoms with Crippen LogP contribution in [0.25, 0.3) is 0 Å². The lowest BCUT2D eigenvalue weighted by molar-refractivity contribution is -0.137. The predicted molar refractivity (Wildman–Crippen MR) is 96.1 cm³/mol. The minimum atomic E-state index is -4.60. The van der Waals surface area contributed by atoms with Gasteiger partial charge in [-0.15, -0.1) is 0 Å². The molecule has 0 unspecified atom stereocenters. The van der Waals surface area contributed by atoms with E-state index >= 15 is 0 Å². The Bertz CT molecular complexity index is 926. The van der Waals surface area contributed by atoms with Crippen molar-refractivity contribution >= 4 is 21.6 Å². The molecule has 0 radical (unpaired) electrons. The molecule has 0 fully saturated rings. The van der Waals surface area contributed by atoms with Gasteiger partial charge in [0.1, 0.15) is 10.7 Å². The van der Waals surface area contributed by atoms with E-state index in [0.717, 1.165) is 11.8 Å². The van der Waals surface area contributed by atoms with Crippen molar-refractivity contribution in [1.29, 1.82) is 0 Å². The Morgan fingerprint density at radius 2 is 1.81 bits per heavy atom. The van der Waals surface area contributed by atoms with Crippen molar-refractivity contribution in [2.75, 3.05) is 6.54 Å². The molecule has 0 amide bonds. The molecule has 0 aliphatic carbocycles. The van der Waals surface area contributed by atoms with E-state index in [1.165, 1.54) is 0 Å². The molecule has 148 valence electrons.